The van der Waals surface area contributed by atoms with Crippen LogP contribution < -0.4 is 4.74 Å². The smallest absolute Gasteiger partial charge is 0.118 e. The van der Waals surface area contributed by atoms with E-state index in [0.29, 0.717) is 0 Å². The number of hydrogen-bond acceptors (Lipinski definition) is 2. The first-order valence-electron chi connectivity index (χ1n) is 6.63. The van der Waals surface area contributed by atoms with Crippen LogP contribution in [0.5, 0.6) is 5.75 Å². The summed E-state index contributed by atoms with van der Waals surface area (Å²) in [5.41, 5.74) is 1.41. The maximum atomic E-state index is 5.17. The van der Waals surface area contributed by atoms with Crippen molar-refractivity contribution in [3.05, 3.63) is 29.8 Å². The zero-order chi connectivity index (χ0) is 12.1. The molecule has 1 aromatic carbocycles. The van der Waals surface area contributed by atoms with E-state index in [1.54, 1.807) is 7.11 Å². The summed E-state index contributed by atoms with van der Waals surface area (Å²) in [6, 6.07) is 8.44. The van der Waals surface area contributed by atoms with Gasteiger partial charge in [-0.2, -0.15) is 0 Å². The van der Waals surface area contributed by atoms with Crippen molar-refractivity contribution < 1.29 is 4.74 Å². The number of piperidine rings is 1. The van der Waals surface area contributed by atoms with E-state index in [-0.39, 0.29) is 0 Å². The number of likely N-dealkylation sites (tertiary alicyclic amines) is 1. The molecule has 2 nitrogen and oxygen atoms in total. The standard InChI is InChI=1S/C15H23NO/c1-13-7-10-16(11-8-13)12-9-14-3-5-15(17-2)6-4-14/h3-6,13H,7-12H2,1-2H3. The average Bonchev–Trinajstić information content (AvgIpc) is 2.39. The van der Waals surface area contributed by atoms with Gasteiger partial charge in [0.15, 0.2) is 0 Å². The number of hydrogen-bond donors (Lipinski definition) is 0. The van der Waals surface area contributed by atoms with E-state index in [1.807, 2.05) is 12.1 Å². The molecule has 1 aliphatic heterocycles. The van der Waals surface area contributed by atoms with Crippen LogP contribution in [0.15, 0.2) is 24.3 Å². The lowest BCUT2D eigenvalue weighted by Crippen LogP contribution is -2.34. The largest absolute Gasteiger partial charge is 0.497 e. The fraction of sp³-hybridized carbons (Fsp3) is 0.600. The number of methoxy groups -OCH3 is 1. The summed E-state index contributed by atoms with van der Waals surface area (Å²) in [6.45, 7) is 6.11. The second kappa shape index (κ2) is 6.06. The second-order valence-electron chi connectivity index (χ2n) is 5.12. The Morgan fingerprint density at radius 2 is 1.82 bits per heavy atom. The van der Waals surface area contributed by atoms with Gasteiger partial charge in [0.05, 0.1) is 7.11 Å². The average molecular weight is 233 g/mol. The third kappa shape index (κ3) is 3.74. The Morgan fingerprint density at radius 1 is 1.18 bits per heavy atom. The molecule has 0 bridgehead atoms. The molecular formula is C15H23NO. The predicted octanol–water partition coefficient (Wildman–Crippen LogP) is 2.97. The Hall–Kier alpha value is -1.02. The van der Waals surface area contributed by atoms with Gasteiger partial charge in [0.25, 0.3) is 0 Å². The third-order valence-electron chi connectivity index (χ3n) is 3.75. The highest BCUT2D eigenvalue weighted by atomic mass is 16.5. The lowest BCUT2D eigenvalue weighted by atomic mass is 9.99. The van der Waals surface area contributed by atoms with E-state index in [4.69, 9.17) is 4.74 Å². The fourth-order valence-corrected chi connectivity index (χ4v) is 2.37. The third-order valence-corrected chi connectivity index (χ3v) is 3.75. The summed E-state index contributed by atoms with van der Waals surface area (Å²) in [6.07, 6.45) is 3.88. The minimum absolute atomic E-state index is 0.923. The van der Waals surface area contributed by atoms with Crippen molar-refractivity contribution in [1.29, 1.82) is 0 Å². The molecule has 0 radical (unpaired) electrons. The molecule has 2 rings (SSSR count). The van der Waals surface area contributed by atoms with E-state index in [0.717, 1.165) is 18.1 Å². The van der Waals surface area contributed by atoms with Gasteiger partial charge in [-0.1, -0.05) is 19.1 Å². The van der Waals surface area contributed by atoms with Gasteiger partial charge in [0.1, 0.15) is 5.75 Å². The first-order valence-corrected chi connectivity index (χ1v) is 6.63. The molecule has 0 atom stereocenters. The quantitative estimate of drug-likeness (QED) is 0.792. The van der Waals surface area contributed by atoms with Crippen molar-refractivity contribution >= 4 is 0 Å². The van der Waals surface area contributed by atoms with Crippen molar-refractivity contribution in [1.82, 2.24) is 4.90 Å². The van der Waals surface area contributed by atoms with E-state index in [2.05, 4.69) is 24.0 Å². The summed E-state index contributed by atoms with van der Waals surface area (Å²) in [4.78, 5) is 2.59. The molecule has 0 amide bonds. The van der Waals surface area contributed by atoms with Gasteiger partial charge in [-0.3, -0.25) is 0 Å². The van der Waals surface area contributed by atoms with E-state index < -0.39 is 0 Å². The van der Waals surface area contributed by atoms with Crippen LogP contribution in [0.25, 0.3) is 0 Å². The monoisotopic (exact) mass is 233 g/mol. The van der Waals surface area contributed by atoms with Crippen LogP contribution in [-0.2, 0) is 6.42 Å². The van der Waals surface area contributed by atoms with E-state index in [9.17, 15) is 0 Å². The molecule has 1 heterocycles. The van der Waals surface area contributed by atoms with Gasteiger partial charge in [0.2, 0.25) is 0 Å². The summed E-state index contributed by atoms with van der Waals surface area (Å²) in [5.74, 6) is 1.87. The molecule has 1 aromatic rings. The fourth-order valence-electron chi connectivity index (χ4n) is 2.37. The minimum Gasteiger partial charge on any atom is -0.497 e. The minimum atomic E-state index is 0.923. The van der Waals surface area contributed by atoms with E-state index >= 15 is 0 Å². The lowest BCUT2D eigenvalue weighted by Gasteiger charge is -2.30. The van der Waals surface area contributed by atoms with Gasteiger partial charge < -0.3 is 9.64 Å². The van der Waals surface area contributed by atoms with Crippen LogP contribution >= 0.6 is 0 Å². The molecule has 1 fully saturated rings. The first-order chi connectivity index (χ1) is 8.28. The molecule has 0 N–H and O–H groups in total. The van der Waals surface area contributed by atoms with Crippen molar-refractivity contribution in [3.8, 4) is 5.75 Å². The second-order valence-corrected chi connectivity index (χ2v) is 5.12. The van der Waals surface area contributed by atoms with Crippen LogP contribution in [0, 0.1) is 5.92 Å². The highest BCUT2D eigenvalue weighted by molar-refractivity contribution is 5.27. The SMILES string of the molecule is COc1ccc(CCN2CCC(C)CC2)cc1. The number of ether oxygens (including phenoxy) is 1. The normalized spacial score (nSPS) is 18.2. The van der Waals surface area contributed by atoms with Gasteiger partial charge >= 0.3 is 0 Å². The molecule has 0 saturated carbocycles. The Morgan fingerprint density at radius 3 is 2.41 bits per heavy atom. The van der Waals surface area contributed by atoms with Gasteiger partial charge in [-0.05, 0) is 56.0 Å². The highest BCUT2D eigenvalue weighted by Gasteiger charge is 2.14. The zero-order valence-electron chi connectivity index (χ0n) is 11.0. The van der Waals surface area contributed by atoms with Crippen LogP contribution in [0.2, 0.25) is 0 Å². The molecule has 94 valence electrons. The number of nitrogens with zero attached hydrogens (tertiary/aromatic N) is 1. The number of rotatable bonds is 4. The number of benzene rings is 1. The molecule has 0 unspecified atom stereocenters. The molecule has 0 aromatic heterocycles. The van der Waals surface area contributed by atoms with Crippen LogP contribution in [0.3, 0.4) is 0 Å². The van der Waals surface area contributed by atoms with Gasteiger partial charge in [-0.25, -0.2) is 0 Å². The Bertz CT molecular complexity index is 325. The van der Waals surface area contributed by atoms with Crippen molar-refractivity contribution in [2.24, 2.45) is 5.92 Å². The van der Waals surface area contributed by atoms with Crippen LogP contribution in [0.4, 0.5) is 0 Å². The van der Waals surface area contributed by atoms with Crippen molar-refractivity contribution in [2.75, 3.05) is 26.7 Å². The molecule has 0 aliphatic carbocycles. The molecule has 1 saturated heterocycles. The van der Waals surface area contributed by atoms with Crippen molar-refractivity contribution in [3.63, 3.8) is 0 Å². The Balaban J connectivity index is 1.77. The summed E-state index contributed by atoms with van der Waals surface area (Å²) in [5, 5.41) is 0. The molecule has 2 heteroatoms. The Labute approximate surface area is 105 Å². The van der Waals surface area contributed by atoms with Gasteiger partial charge in [-0.15, -0.1) is 0 Å². The Kier molecular flexibility index (Phi) is 4.43. The molecule has 1 aliphatic rings. The van der Waals surface area contributed by atoms with Crippen LogP contribution in [0.1, 0.15) is 25.3 Å². The zero-order valence-corrected chi connectivity index (χ0v) is 11.0. The maximum absolute atomic E-state index is 5.17. The summed E-state index contributed by atoms with van der Waals surface area (Å²) < 4.78 is 5.17. The van der Waals surface area contributed by atoms with Crippen LogP contribution in [-0.4, -0.2) is 31.6 Å². The summed E-state index contributed by atoms with van der Waals surface area (Å²) >= 11 is 0. The van der Waals surface area contributed by atoms with Gasteiger partial charge in [0, 0.05) is 6.54 Å². The lowest BCUT2D eigenvalue weighted by molar-refractivity contribution is 0.194. The molecule has 0 spiro atoms. The molecular weight excluding hydrogens is 210 g/mol. The maximum Gasteiger partial charge on any atom is 0.118 e. The molecule has 17 heavy (non-hydrogen) atoms. The highest BCUT2D eigenvalue weighted by Crippen LogP contribution is 2.17. The predicted molar refractivity (Wildman–Crippen MR) is 71.5 cm³/mol. The topological polar surface area (TPSA) is 12.5 Å². The first kappa shape index (κ1) is 12.4. The summed E-state index contributed by atoms with van der Waals surface area (Å²) in [7, 11) is 1.71. The van der Waals surface area contributed by atoms with Crippen molar-refractivity contribution in [2.45, 2.75) is 26.2 Å². The van der Waals surface area contributed by atoms with E-state index in [1.165, 1.54) is 38.0 Å².